The molecule has 0 aromatic heterocycles. The molecule has 3 aromatic carbocycles. The molecule has 0 unspecified atom stereocenters. The second-order valence-electron chi connectivity index (χ2n) is 12.4. The van der Waals surface area contributed by atoms with Crippen LogP contribution in [0, 0.1) is 5.92 Å². The van der Waals surface area contributed by atoms with Crippen LogP contribution in [0.15, 0.2) is 91.5 Å². The van der Waals surface area contributed by atoms with Crippen molar-refractivity contribution in [2.75, 3.05) is 26.2 Å². The number of carbonyl (C=O) groups is 4. The summed E-state index contributed by atoms with van der Waals surface area (Å²) in [6.45, 7) is 5.19. The number of nitrogens with zero attached hydrogens (tertiary/aromatic N) is 4. The second kappa shape index (κ2) is 14.1. The molecule has 0 spiro atoms. The minimum Gasteiger partial charge on any atom is -0.508 e. The standard InChI is InChI=1S/C36H40N6O5/c1-2-17-40-24-33(44)41-31(19-25-13-15-30(43)16-14-25)35(46)39(22-28-9-6-10-29(18-28)34(45)37-20-27-11-12-27)23-32(41)42(40)36(47)38-21-26-7-4-3-5-8-26/h2-10,13-16,18,27,31-32,43H,1,11-12,17,19-24H2,(H,37,45)(H,38,47)/t31-,32-/m0/s1. The molecule has 6 rings (SSSR count). The summed E-state index contributed by atoms with van der Waals surface area (Å²) in [4.78, 5) is 58.0. The van der Waals surface area contributed by atoms with E-state index in [4.69, 9.17) is 0 Å². The molecule has 3 N–H and O–H groups in total. The molecule has 2 saturated heterocycles. The highest BCUT2D eigenvalue weighted by molar-refractivity contribution is 5.94. The van der Waals surface area contributed by atoms with Gasteiger partial charge in [-0.2, -0.15) is 0 Å². The highest BCUT2D eigenvalue weighted by Gasteiger charge is 2.51. The van der Waals surface area contributed by atoms with E-state index in [1.807, 2.05) is 36.4 Å². The van der Waals surface area contributed by atoms with E-state index < -0.39 is 18.2 Å². The van der Waals surface area contributed by atoms with Gasteiger partial charge in [-0.05, 0) is 59.7 Å². The van der Waals surface area contributed by atoms with Gasteiger partial charge in [0.05, 0.1) is 13.1 Å². The minimum atomic E-state index is -0.897. The zero-order valence-corrected chi connectivity index (χ0v) is 26.3. The van der Waals surface area contributed by atoms with Crippen molar-refractivity contribution in [1.29, 1.82) is 0 Å². The number of rotatable bonds is 11. The first-order valence-electron chi connectivity index (χ1n) is 16.0. The lowest BCUT2D eigenvalue weighted by Gasteiger charge is -2.55. The number of hydrogen-bond donors (Lipinski definition) is 3. The third-order valence-electron chi connectivity index (χ3n) is 8.84. The summed E-state index contributed by atoms with van der Waals surface area (Å²) in [5, 5.41) is 19.0. The zero-order valence-electron chi connectivity index (χ0n) is 26.3. The molecule has 3 aliphatic rings. The van der Waals surface area contributed by atoms with Crippen LogP contribution in [0.3, 0.4) is 0 Å². The lowest BCUT2D eigenvalue weighted by molar-refractivity contribution is -0.189. The van der Waals surface area contributed by atoms with Crippen molar-refractivity contribution in [3.63, 3.8) is 0 Å². The largest absolute Gasteiger partial charge is 0.508 e. The first kappa shape index (κ1) is 31.8. The molecule has 1 aliphatic carbocycles. The summed E-state index contributed by atoms with van der Waals surface area (Å²) >= 11 is 0. The van der Waals surface area contributed by atoms with Crippen LogP contribution < -0.4 is 10.6 Å². The van der Waals surface area contributed by atoms with Crippen molar-refractivity contribution in [2.24, 2.45) is 5.92 Å². The number of nitrogens with one attached hydrogen (secondary N) is 2. The molecule has 2 atom stereocenters. The van der Waals surface area contributed by atoms with Crippen molar-refractivity contribution in [3.8, 4) is 5.75 Å². The molecule has 11 nitrogen and oxygen atoms in total. The number of phenols is 1. The zero-order chi connectivity index (χ0) is 32.9. The number of urea groups is 1. The van der Waals surface area contributed by atoms with E-state index in [-0.39, 0.29) is 62.6 Å². The molecule has 2 heterocycles. The molecule has 3 fully saturated rings. The van der Waals surface area contributed by atoms with Crippen LogP contribution in [0.1, 0.15) is 39.9 Å². The summed E-state index contributed by atoms with van der Waals surface area (Å²) in [6.07, 6.45) is 3.31. The normalized spacial score (nSPS) is 19.7. The SMILES string of the molecule is C=CCN1CC(=O)N2[C@@H](Cc3ccc(O)cc3)C(=O)N(Cc3cccc(C(=O)NCC4CC4)c3)C[C@@H]2N1C(=O)NCc1ccccc1. The lowest BCUT2D eigenvalue weighted by atomic mass is 9.98. The Bertz CT molecular complexity index is 1630. The van der Waals surface area contributed by atoms with Crippen LogP contribution in [0.25, 0.3) is 0 Å². The summed E-state index contributed by atoms with van der Waals surface area (Å²) < 4.78 is 0. The number of benzene rings is 3. The quantitative estimate of drug-likeness (QED) is 0.278. The van der Waals surface area contributed by atoms with Crippen molar-refractivity contribution in [2.45, 2.75) is 44.6 Å². The highest BCUT2D eigenvalue weighted by Crippen LogP contribution is 2.30. The maximum Gasteiger partial charge on any atom is 0.334 e. The molecule has 5 amide bonds. The maximum atomic E-state index is 14.3. The van der Waals surface area contributed by atoms with E-state index >= 15 is 0 Å². The number of aromatic hydroxyl groups is 1. The highest BCUT2D eigenvalue weighted by atomic mass is 16.3. The average Bonchev–Trinajstić information content (AvgIpc) is 3.91. The fourth-order valence-corrected chi connectivity index (χ4v) is 6.25. The van der Waals surface area contributed by atoms with Crippen LogP contribution in [0.5, 0.6) is 5.75 Å². The first-order valence-corrected chi connectivity index (χ1v) is 16.0. The molecule has 2 aliphatic heterocycles. The fourth-order valence-electron chi connectivity index (χ4n) is 6.25. The Morgan fingerprint density at radius 3 is 2.38 bits per heavy atom. The first-order chi connectivity index (χ1) is 22.8. The molecule has 0 radical (unpaired) electrons. The smallest absolute Gasteiger partial charge is 0.334 e. The van der Waals surface area contributed by atoms with Crippen LogP contribution in [0.2, 0.25) is 0 Å². The number of hydrogen-bond acceptors (Lipinski definition) is 6. The Labute approximate surface area is 274 Å². The number of piperazine rings is 1. The molecule has 47 heavy (non-hydrogen) atoms. The second-order valence-corrected chi connectivity index (χ2v) is 12.4. The van der Waals surface area contributed by atoms with Crippen molar-refractivity contribution < 1.29 is 24.3 Å². The van der Waals surface area contributed by atoms with Crippen molar-refractivity contribution in [3.05, 3.63) is 114 Å². The van der Waals surface area contributed by atoms with Crippen LogP contribution in [-0.4, -0.2) is 87.1 Å². The number of amides is 5. The van der Waals surface area contributed by atoms with Gasteiger partial charge in [0.15, 0.2) is 0 Å². The number of fused-ring (bicyclic) bond motifs is 1. The van der Waals surface area contributed by atoms with Gasteiger partial charge >= 0.3 is 6.03 Å². The maximum absolute atomic E-state index is 14.3. The third-order valence-corrected chi connectivity index (χ3v) is 8.84. The van der Waals surface area contributed by atoms with Gasteiger partial charge in [-0.15, -0.1) is 6.58 Å². The Morgan fingerprint density at radius 2 is 1.66 bits per heavy atom. The number of carbonyl (C=O) groups excluding carboxylic acids is 4. The predicted octanol–water partition coefficient (Wildman–Crippen LogP) is 3.27. The van der Waals surface area contributed by atoms with Gasteiger partial charge in [-0.25, -0.2) is 14.8 Å². The Morgan fingerprint density at radius 1 is 0.915 bits per heavy atom. The lowest BCUT2D eigenvalue weighted by Crippen LogP contribution is -2.76. The molecule has 1 saturated carbocycles. The van der Waals surface area contributed by atoms with Gasteiger partial charge in [0.25, 0.3) is 5.91 Å². The topological polar surface area (TPSA) is 126 Å². The van der Waals surface area contributed by atoms with Crippen molar-refractivity contribution in [1.82, 2.24) is 30.5 Å². The fraction of sp³-hybridized carbons (Fsp3) is 0.333. The van der Waals surface area contributed by atoms with Gasteiger partial charge in [0.1, 0.15) is 18.0 Å². The van der Waals surface area contributed by atoms with Gasteiger partial charge in [-0.3, -0.25) is 14.4 Å². The molecular formula is C36H40N6O5. The van der Waals surface area contributed by atoms with Gasteiger partial charge in [0.2, 0.25) is 11.8 Å². The van der Waals surface area contributed by atoms with Crippen LogP contribution in [-0.2, 0) is 29.1 Å². The van der Waals surface area contributed by atoms with Crippen LogP contribution >= 0.6 is 0 Å². The van der Waals surface area contributed by atoms with E-state index in [0.717, 1.165) is 29.5 Å². The summed E-state index contributed by atoms with van der Waals surface area (Å²) in [6, 6.07) is 22.0. The molecule has 3 aromatic rings. The predicted molar refractivity (Wildman–Crippen MR) is 175 cm³/mol. The van der Waals surface area contributed by atoms with E-state index in [1.54, 1.807) is 58.4 Å². The third kappa shape index (κ3) is 7.47. The average molecular weight is 637 g/mol. The Kier molecular flexibility index (Phi) is 9.53. The molecule has 0 bridgehead atoms. The van der Waals surface area contributed by atoms with E-state index in [0.29, 0.717) is 18.0 Å². The molecular weight excluding hydrogens is 596 g/mol. The Balaban J connectivity index is 1.30. The monoisotopic (exact) mass is 636 g/mol. The van der Waals surface area contributed by atoms with E-state index in [1.165, 1.54) is 9.91 Å². The van der Waals surface area contributed by atoms with Crippen molar-refractivity contribution >= 4 is 23.8 Å². The van der Waals surface area contributed by atoms with E-state index in [9.17, 15) is 24.3 Å². The molecule has 11 heteroatoms. The van der Waals surface area contributed by atoms with Gasteiger partial charge in [0, 0.05) is 38.2 Å². The summed E-state index contributed by atoms with van der Waals surface area (Å²) in [5.41, 5.74) is 2.96. The molecule has 244 valence electrons. The van der Waals surface area contributed by atoms with E-state index in [2.05, 4.69) is 17.2 Å². The Hall–Kier alpha value is -5.16. The number of phenolic OH excluding ortho intramolecular Hbond substituents is 1. The summed E-state index contributed by atoms with van der Waals surface area (Å²) in [7, 11) is 0. The van der Waals surface area contributed by atoms with Gasteiger partial charge in [-0.1, -0.05) is 60.7 Å². The number of hydrazine groups is 1. The van der Waals surface area contributed by atoms with Gasteiger partial charge < -0.3 is 25.5 Å². The van der Waals surface area contributed by atoms with Crippen LogP contribution in [0.4, 0.5) is 4.79 Å². The minimum absolute atomic E-state index is 0.0706. The summed E-state index contributed by atoms with van der Waals surface area (Å²) in [5.74, 6) is -0.0321.